The second-order valence-corrected chi connectivity index (χ2v) is 7.34. The number of hydrazone groups is 1. The summed E-state index contributed by atoms with van der Waals surface area (Å²) >= 11 is 0. The van der Waals surface area contributed by atoms with Crippen LogP contribution in [0.25, 0.3) is 0 Å². The lowest BCUT2D eigenvalue weighted by atomic mass is 10.1. The summed E-state index contributed by atoms with van der Waals surface area (Å²) in [7, 11) is 1.34. The van der Waals surface area contributed by atoms with Crippen molar-refractivity contribution in [2.24, 2.45) is 5.10 Å². The van der Waals surface area contributed by atoms with Gasteiger partial charge in [0, 0.05) is 11.8 Å². The standard InChI is InChI=1S/C24H21N5O8/c1-3-16-6-4-5-7-18(16)26-23(30)24(31)27-25-14-15-8-10-21(22(12-15)36-2)37-20-11-9-17(28(32)33)13-19(20)29(34)35/h4-14H,3H2,1-2H3,(H,26,30)(H,27,31)/b25-14+. The maximum absolute atomic E-state index is 12.2. The molecule has 0 unspecified atom stereocenters. The van der Waals surface area contributed by atoms with Crippen LogP contribution in [-0.2, 0) is 16.0 Å². The number of nitro groups is 2. The summed E-state index contributed by atoms with van der Waals surface area (Å²) in [6.07, 6.45) is 1.93. The summed E-state index contributed by atoms with van der Waals surface area (Å²) in [4.78, 5) is 45.0. The van der Waals surface area contributed by atoms with Gasteiger partial charge < -0.3 is 14.8 Å². The van der Waals surface area contributed by atoms with Gasteiger partial charge in [0.15, 0.2) is 11.5 Å². The average Bonchev–Trinajstić information content (AvgIpc) is 2.89. The molecule has 2 amide bonds. The van der Waals surface area contributed by atoms with Gasteiger partial charge >= 0.3 is 17.5 Å². The molecule has 3 aromatic carbocycles. The molecule has 0 radical (unpaired) electrons. The molecule has 0 aliphatic rings. The van der Waals surface area contributed by atoms with E-state index in [1.807, 2.05) is 19.1 Å². The number of nitrogens with one attached hydrogen (secondary N) is 2. The van der Waals surface area contributed by atoms with Gasteiger partial charge in [-0.15, -0.1) is 0 Å². The molecule has 3 aromatic rings. The Labute approximate surface area is 210 Å². The highest BCUT2D eigenvalue weighted by atomic mass is 16.6. The van der Waals surface area contributed by atoms with Gasteiger partial charge in [-0.05, 0) is 47.9 Å². The predicted molar refractivity (Wildman–Crippen MR) is 133 cm³/mol. The van der Waals surface area contributed by atoms with E-state index in [1.54, 1.807) is 12.1 Å². The van der Waals surface area contributed by atoms with Gasteiger partial charge in [-0.2, -0.15) is 5.10 Å². The molecule has 0 fully saturated rings. The SMILES string of the molecule is CCc1ccccc1NC(=O)C(=O)N/N=C/c1ccc(Oc2ccc([N+](=O)[O-])cc2[N+](=O)[O-])c(OC)c1. The molecule has 0 saturated carbocycles. The third-order valence-electron chi connectivity index (χ3n) is 4.99. The fourth-order valence-corrected chi connectivity index (χ4v) is 3.16. The molecular weight excluding hydrogens is 486 g/mol. The van der Waals surface area contributed by atoms with Crippen LogP contribution in [-0.4, -0.2) is 35.0 Å². The molecule has 0 atom stereocenters. The Kier molecular flexibility index (Phi) is 8.44. The van der Waals surface area contributed by atoms with E-state index < -0.39 is 33.0 Å². The molecule has 0 aliphatic heterocycles. The number of para-hydroxylation sites is 1. The highest BCUT2D eigenvalue weighted by molar-refractivity contribution is 6.39. The number of nitrogens with zero attached hydrogens (tertiary/aromatic N) is 3. The van der Waals surface area contributed by atoms with Crippen LogP contribution in [0.3, 0.4) is 0 Å². The van der Waals surface area contributed by atoms with Crippen molar-refractivity contribution in [1.29, 1.82) is 0 Å². The lowest BCUT2D eigenvalue weighted by Gasteiger charge is -2.11. The number of benzene rings is 3. The Hall–Kier alpha value is -5.33. The van der Waals surface area contributed by atoms with E-state index >= 15 is 0 Å². The molecule has 13 heteroatoms. The van der Waals surface area contributed by atoms with E-state index in [2.05, 4.69) is 15.8 Å². The van der Waals surface area contributed by atoms with Crippen molar-refractivity contribution in [2.45, 2.75) is 13.3 Å². The topological polar surface area (TPSA) is 175 Å². The summed E-state index contributed by atoms with van der Waals surface area (Å²) in [6, 6.07) is 14.5. The van der Waals surface area contributed by atoms with E-state index in [1.165, 1.54) is 31.5 Å². The van der Waals surface area contributed by atoms with Gasteiger partial charge in [0.1, 0.15) is 0 Å². The Morgan fingerprint density at radius 1 is 0.946 bits per heavy atom. The van der Waals surface area contributed by atoms with Crippen molar-refractivity contribution in [3.05, 3.63) is 92.0 Å². The van der Waals surface area contributed by atoms with Crippen LogP contribution >= 0.6 is 0 Å². The van der Waals surface area contributed by atoms with E-state index in [9.17, 15) is 29.8 Å². The third-order valence-corrected chi connectivity index (χ3v) is 4.99. The first kappa shape index (κ1) is 26.3. The molecule has 0 saturated heterocycles. The van der Waals surface area contributed by atoms with Gasteiger partial charge in [-0.25, -0.2) is 5.43 Å². The van der Waals surface area contributed by atoms with Crippen LogP contribution in [0.2, 0.25) is 0 Å². The second kappa shape index (κ2) is 11.9. The first-order valence-corrected chi connectivity index (χ1v) is 10.7. The molecular formula is C24H21N5O8. The number of carbonyl (C=O) groups is 2. The molecule has 0 aromatic heterocycles. The number of carbonyl (C=O) groups excluding carboxylic acids is 2. The minimum atomic E-state index is -0.973. The monoisotopic (exact) mass is 507 g/mol. The fourth-order valence-electron chi connectivity index (χ4n) is 3.16. The van der Waals surface area contributed by atoms with E-state index in [0.29, 0.717) is 17.7 Å². The highest BCUT2D eigenvalue weighted by Gasteiger charge is 2.22. The smallest absolute Gasteiger partial charge is 0.329 e. The molecule has 0 heterocycles. The van der Waals surface area contributed by atoms with Crippen LogP contribution < -0.4 is 20.2 Å². The van der Waals surface area contributed by atoms with Gasteiger partial charge in [0.2, 0.25) is 5.75 Å². The summed E-state index contributed by atoms with van der Waals surface area (Å²) in [5.41, 5.74) is 2.93. The van der Waals surface area contributed by atoms with E-state index in [4.69, 9.17) is 9.47 Å². The summed E-state index contributed by atoms with van der Waals surface area (Å²) in [6.45, 7) is 1.92. The summed E-state index contributed by atoms with van der Waals surface area (Å²) < 4.78 is 10.8. The van der Waals surface area contributed by atoms with Gasteiger partial charge in [0.25, 0.3) is 5.69 Å². The molecule has 2 N–H and O–H groups in total. The van der Waals surface area contributed by atoms with E-state index in [0.717, 1.165) is 23.8 Å². The number of methoxy groups -OCH3 is 1. The fraction of sp³-hybridized carbons (Fsp3) is 0.125. The van der Waals surface area contributed by atoms with Crippen molar-refractivity contribution in [3.63, 3.8) is 0 Å². The Bertz CT molecular complexity index is 1390. The zero-order valence-corrected chi connectivity index (χ0v) is 19.7. The number of ether oxygens (including phenoxy) is 2. The number of non-ortho nitro benzene ring substituents is 1. The zero-order chi connectivity index (χ0) is 26.9. The van der Waals surface area contributed by atoms with Gasteiger partial charge in [-0.3, -0.25) is 29.8 Å². The molecule has 37 heavy (non-hydrogen) atoms. The largest absolute Gasteiger partial charge is 0.493 e. The maximum atomic E-state index is 12.2. The zero-order valence-electron chi connectivity index (χ0n) is 19.7. The number of amides is 2. The molecule has 13 nitrogen and oxygen atoms in total. The normalized spacial score (nSPS) is 10.5. The number of nitro benzene ring substituents is 2. The van der Waals surface area contributed by atoms with Crippen molar-refractivity contribution in [1.82, 2.24) is 5.43 Å². The van der Waals surface area contributed by atoms with Crippen molar-refractivity contribution in [3.8, 4) is 17.2 Å². The van der Waals surface area contributed by atoms with Crippen molar-refractivity contribution >= 4 is 35.1 Å². The quantitative estimate of drug-likeness (QED) is 0.189. The lowest BCUT2D eigenvalue weighted by molar-refractivity contribution is -0.394. The average molecular weight is 507 g/mol. The third kappa shape index (κ3) is 6.63. The number of hydrogen-bond acceptors (Lipinski definition) is 9. The molecule has 3 rings (SSSR count). The van der Waals surface area contributed by atoms with Crippen molar-refractivity contribution < 1.29 is 28.9 Å². The lowest BCUT2D eigenvalue weighted by Crippen LogP contribution is -2.32. The molecule has 190 valence electrons. The molecule has 0 bridgehead atoms. The number of hydrogen-bond donors (Lipinski definition) is 2. The number of anilines is 1. The van der Waals surface area contributed by atoms with Crippen LogP contribution in [0.4, 0.5) is 17.1 Å². The van der Waals surface area contributed by atoms with Crippen LogP contribution in [0.1, 0.15) is 18.1 Å². The van der Waals surface area contributed by atoms with Gasteiger partial charge in [-0.1, -0.05) is 25.1 Å². The first-order chi connectivity index (χ1) is 17.7. The predicted octanol–water partition coefficient (Wildman–Crippen LogP) is 3.96. The Morgan fingerprint density at radius 3 is 2.35 bits per heavy atom. The Morgan fingerprint density at radius 2 is 1.68 bits per heavy atom. The maximum Gasteiger partial charge on any atom is 0.329 e. The number of aryl methyl sites for hydroxylation is 1. The minimum absolute atomic E-state index is 0.0922. The van der Waals surface area contributed by atoms with Gasteiger partial charge in [0.05, 0.1) is 29.2 Å². The highest BCUT2D eigenvalue weighted by Crippen LogP contribution is 2.38. The molecule has 0 spiro atoms. The number of rotatable bonds is 9. The second-order valence-electron chi connectivity index (χ2n) is 7.34. The first-order valence-electron chi connectivity index (χ1n) is 10.7. The van der Waals surface area contributed by atoms with Crippen LogP contribution in [0.15, 0.2) is 65.8 Å². The minimum Gasteiger partial charge on any atom is -0.493 e. The molecule has 0 aliphatic carbocycles. The van der Waals surface area contributed by atoms with Crippen molar-refractivity contribution in [2.75, 3.05) is 12.4 Å². The van der Waals surface area contributed by atoms with Crippen LogP contribution in [0, 0.1) is 20.2 Å². The van der Waals surface area contributed by atoms with E-state index in [-0.39, 0.29) is 17.2 Å². The van der Waals surface area contributed by atoms with Crippen LogP contribution in [0.5, 0.6) is 17.2 Å². The summed E-state index contributed by atoms with van der Waals surface area (Å²) in [5, 5.41) is 28.6. The summed E-state index contributed by atoms with van der Waals surface area (Å²) in [5.74, 6) is -1.83. The Balaban J connectivity index is 1.70.